The Morgan fingerprint density at radius 1 is 0.567 bits per heavy atom. The van der Waals surface area contributed by atoms with Crippen molar-refractivity contribution in [3.8, 4) is 0 Å². The molecule has 6 heteroatoms. The Balaban J connectivity index is 0. The maximum Gasteiger partial charge on any atom is 0.492 e. The van der Waals surface area contributed by atoms with Gasteiger partial charge in [0.05, 0.1) is 27.2 Å². The Kier molecular flexibility index (Phi) is 21.7. The van der Waals surface area contributed by atoms with Gasteiger partial charge in [0, 0.05) is 6.04 Å². The third-order valence-electron chi connectivity index (χ3n) is 6.29. The normalized spacial score (nSPS) is 13.3. The van der Waals surface area contributed by atoms with E-state index in [1.807, 2.05) is 0 Å². The van der Waals surface area contributed by atoms with Gasteiger partial charge in [0.25, 0.3) is 0 Å². The van der Waals surface area contributed by atoms with Crippen molar-refractivity contribution in [2.24, 2.45) is 0 Å². The van der Waals surface area contributed by atoms with Crippen LogP contribution in [0.5, 0.6) is 0 Å². The second kappa shape index (κ2) is 20.0. The molecule has 0 aliphatic heterocycles. The Morgan fingerprint density at radius 2 is 0.900 bits per heavy atom. The minimum Gasteiger partial charge on any atom is -1.00 e. The Labute approximate surface area is 195 Å². The summed E-state index contributed by atoms with van der Waals surface area (Å²) in [6.45, 7) is 2.28. The van der Waals surface area contributed by atoms with Crippen LogP contribution < -0.4 is 12.4 Å². The molecule has 3 N–H and O–H groups in total. The van der Waals surface area contributed by atoms with Gasteiger partial charge in [-0.25, -0.2) is 0 Å². The molecule has 1 unspecified atom stereocenters. The Bertz CT molecular complexity index is 359. The number of unbranched alkanes of at least 4 members (excludes halogenated alkanes) is 14. The summed E-state index contributed by atoms with van der Waals surface area (Å²) in [5.41, 5.74) is 0. The number of hydrogen-bond acceptors (Lipinski definition) is 3. The molecule has 0 rings (SSSR count). The lowest BCUT2D eigenvalue weighted by atomic mass is 10.00. The molecule has 0 aromatic carbocycles. The highest BCUT2D eigenvalue weighted by Crippen LogP contribution is 2.21. The van der Waals surface area contributed by atoms with Gasteiger partial charge in [-0.2, -0.15) is 0 Å². The van der Waals surface area contributed by atoms with E-state index < -0.39 is 8.80 Å². The first kappa shape index (κ1) is 32.5. The summed E-state index contributed by atoms with van der Waals surface area (Å²) in [7, 11) is 2.79. The Hall–Kier alpha value is 0.347. The third-order valence-corrected chi connectivity index (χ3v) is 7.31. The smallest absolute Gasteiger partial charge is 0.492 e. The molecule has 0 bridgehead atoms. The van der Waals surface area contributed by atoms with Gasteiger partial charge in [0.15, 0.2) is 0 Å². The van der Waals surface area contributed by atoms with Gasteiger partial charge in [-0.1, -0.05) is 96.8 Å². The molecular weight excluding hydrogens is 414 g/mol. The predicted octanol–water partition coefficient (Wildman–Crippen LogP) is 3.02. The van der Waals surface area contributed by atoms with E-state index >= 15 is 0 Å². The van der Waals surface area contributed by atoms with Crippen LogP contribution in [0.15, 0.2) is 0 Å². The highest BCUT2D eigenvalue weighted by molar-refractivity contribution is 6.56. The van der Waals surface area contributed by atoms with Crippen molar-refractivity contribution in [3.05, 3.63) is 0 Å². The van der Waals surface area contributed by atoms with Crippen molar-refractivity contribution in [1.29, 1.82) is 0 Å². The quantitative estimate of drug-likeness (QED) is 0.138. The fourth-order valence-corrected chi connectivity index (χ4v) is 4.92. The highest BCUT2D eigenvalue weighted by atomic mass is 35.5. The first-order valence-electron chi connectivity index (χ1n) is 12.6. The van der Waals surface area contributed by atoms with Gasteiger partial charge in [0.2, 0.25) is 0 Å². The molecule has 0 aromatic heterocycles. The zero-order chi connectivity index (χ0) is 22.0. The van der Waals surface area contributed by atoms with E-state index in [0.29, 0.717) is 12.5 Å². The van der Waals surface area contributed by atoms with Crippen molar-refractivity contribution in [1.82, 2.24) is 0 Å². The molecule has 0 heterocycles. The second-order valence-corrected chi connectivity index (χ2v) is 12.2. The summed E-state index contributed by atoms with van der Waals surface area (Å²) in [5, 5.41) is 0. The van der Waals surface area contributed by atoms with E-state index in [1.54, 1.807) is 0 Å². The first-order valence-corrected chi connectivity index (χ1v) is 14.7. The van der Waals surface area contributed by atoms with Gasteiger partial charge in [0.1, 0.15) is 0 Å². The van der Waals surface area contributed by atoms with E-state index in [1.165, 1.54) is 103 Å². The zero-order valence-electron chi connectivity index (χ0n) is 20.7. The number of halogens is 1. The molecule has 30 heavy (non-hydrogen) atoms. The summed E-state index contributed by atoms with van der Waals surface area (Å²) in [4.78, 5) is 27.6. The molecule has 1 atom stereocenters. The predicted molar refractivity (Wildman–Crippen MR) is 128 cm³/mol. The van der Waals surface area contributed by atoms with Crippen LogP contribution in [0, 0.1) is 0 Å². The van der Waals surface area contributed by atoms with E-state index in [9.17, 15) is 14.4 Å². The van der Waals surface area contributed by atoms with Gasteiger partial charge in [-0.05, 0) is 25.7 Å². The Morgan fingerprint density at radius 3 is 1.23 bits per heavy atom. The fraction of sp³-hybridized carbons (Fsp3) is 1.00. The minimum atomic E-state index is -3.87. The van der Waals surface area contributed by atoms with E-state index in [2.05, 4.69) is 28.1 Å². The van der Waals surface area contributed by atoms with Gasteiger partial charge >= 0.3 is 8.80 Å². The molecule has 0 aromatic rings. The maximum absolute atomic E-state index is 9.20. The molecule has 0 amide bonds. The standard InChI is InChI=1S/C24H54NO3Si.ClH/c1-5-6-7-8-9-10-11-12-13-14-15-16-17-18-19-21-24(25(2,3)4)22-20-23-29(26,27)28;/h24,26-28H,5-23H2,1-4H3;1H/q+1;/p-1. The fourth-order valence-electron chi connectivity index (χ4n) is 4.25. The van der Waals surface area contributed by atoms with Crippen LogP contribution in [0.25, 0.3) is 0 Å². The number of rotatable bonds is 21. The van der Waals surface area contributed by atoms with Crippen LogP contribution in [0.4, 0.5) is 0 Å². The topological polar surface area (TPSA) is 60.7 Å². The molecule has 184 valence electrons. The number of quaternary nitrogens is 1. The van der Waals surface area contributed by atoms with Crippen molar-refractivity contribution in [2.45, 2.75) is 135 Å². The number of hydrogen-bond donors (Lipinski definition) is 3. The van der Waals surface area contributed by atoms with Gasteiger partial charge in [-0.3, -0.25) is 0 Å². The third kappa shape index (κ3) is 23.0. The van der Waals surface area contributed by atoms with E-state index in [-0.39, 0.29) is 18.5 Å². The van der Waals surface area contributed by atoms with Crippen LogP contribution >= 0.6 is 0 Å². The van der Waals surface area contributed by atoms with Crippen molar-refractivity contribution >= 4 is 8.80 Å². The highest BCUT2D eigenvalue weighted by Gasteiger charge is 2.29. The first-order chi connectivity index (χ1) is 13.7. The lowest BCUT2D eigenvalue weighted by Gasteiger charge is -2.34. The van der Waals surface area contributed by atoms with Crippen LogP contribution in [0.3, 0.4) is 0 Å². The lowest BCUT2D eigenvalue weighted by molar-refractivity contribution is -0.896. The molecule has 0 saturated heterocycles. The minimum absolute atomic E-state index is 0. The van der Waals surface area contributed by atoms with Crippen molar-refractivity contribution < 1.29 is 31.3 Å². The largest absolute Gasteiger partial charge is 1.00 e. The molecule has 4 nitrogen and oxygen atoms in total. The summed E-state index contributed by atoms with van der Waals surface area (Å²) in [6, 6.07) is 0.704. The molecule has 0 fully saturated rings. The monoisotopic (exact) mass is 467 g/mol. The van der Waals surface area contributed by atoms with Crippen LogP contribution in [-0.4, -0.2) is 54.9 Å². The van der Waals surface area contributed by atoms with Gasteiger partial charge in [-0.15, -0.1) is 0 Å². The summed E-state index contributed by atoms with van der Waals surface area (Å²) in [5.74, 6) is 0. The maximum atomic E-state index is 9.20. The molecular formula is C24H54ClNO3Si. The average Bonchev–Trinajstić information content (AvgIpc) is 2.61. The molecule has 0 aliphatic carbocycles. The second-order valence-electron chi connectivity index (χ2n) is 10.2. The summed E-state index contributed by atoms with van der Waals surface area (Å²) < 4.78 is 0.912. The van der Waals surface area contributed by atoms with E-state index in [0.717, 1.165) is 10.9 Å². The van der Waals surface area contributed by atoms with Crippen LogP contribution in [0.1, 0.15) is 122 Å². The van der Waals surface area contributed by atoms with Crippen molar-refractivity contribution in [3.63, 3.8) is 0 Å². The zero-order valence-corrected chi connectivity index (χ0v) is 22.4. The average molecular weight is 468 g/mol. The molecule has 0 radical (unpaired) electrons. The van der Waals surface area contributed by atoms with Crippen LogP contribution in [0.2, 0.25) is 6.04 Å². The molecule has 0 spiro atoms. The van der Waals surface area contributed by atoms with Gasteiger partial charge < -0.3 is 31.3 Å². The van der Waals surface area contributed by atoms with E-state index in [4.69, 9.17) is 0 Å². The lowest BCUT2D eigenvalue weighted by Crippen LogP contribution is -3.00. The molecule has 0 saturated carbocycles. The molecule has 0 aliphatic rings. The SMILES string of the molecule is CCCCCCCCCCCCCCCCCC(CCC[Si](O)(O)O)[N+](C)(C)C.[Cl-]. The van der Waals surface area contributed by atoms with Crippen molar-refractivity contribution in [2.75, 3.05) is 21.1 Å². The summed E-state index contributed by atoms with van der Waals surface area (Å²) in [6.07, 6.45) is 23.8. The number of nitrogens with zero attached hydrogens (tertiary/aromatic N) is 1. The summed E-state index contributed by atoms with van der Waals surface area (Å²) >= 11 is 0. The van der Waals surface area contributed by atoms with Crippen LogP contribution in [-0.2, 0) is 0 Å².